The molecule has 1 rings (SSSR count). The molecule has 0 fully saturated rings. The minimum atomic E-state index is -4.24. The van der Waals surface area contributed by atoms with Gasteiger partial charge in [0.15, 0.2) is 0 Å². The Hall–Kier alpha value is -1.92. The molecule has 0 saturated carbocycles. The van der Waals surface area contributed by atoms with Crippen molar-refractivity contribution in [2.75, 3.05) is 19.5 Å². The summed E-state index contributed by atoms with van der Waals surface area (Å²) < 4.78 is 45.4. The fourth-order valence-corrected chi connectivity index (χ4v) is 1.39. The number of alkyl halides is 3. The second kappa shape index (κ2) is 6.31. The Morgan fingerprint density at radius 2 is 2.05 bits per heavy atom. The Kier molecular flexibility index (Phi) is 5.02. The van der Waals surface area contributed by atoms with Gasteiger partial charge in [-0.2, -0.15) is 13.2 Å². The fourth-order valence-electron chi connectivity index (χ4n) is 1.39. The molecule has 2 N–H and O–H groups in total. The topological polar surface area (TPSA) is 61.5 Å². The predicted octanol–water partition coefficient (Wildman–Crippen LogP) is 2.78. The van der Waals surface area contributed by atoms with Crippen molar-refractivity contribution in [1.29, 1.82) is 0 Å². The fraction of sp³-hybridized carbons (Fsp3) is 0.417. The summed E-state index contributed by atoms with van der Waals surface area (Å²) in [5.74, 6) is -0.514. The number of carbonyl (C=O) groups is 1. The molecular weight excluding hydrogens is 263 g/mol. The SMILES string of the molecule is COc1cc(N)ccc1C(=O)OCCCC(F)(F)F. The van der Waals surface area contributed by atoms with E-state index in [0.29, 0.717) is 5.69 Å². The van der Waals surface area contributed by atoms with Crippen LogP contribution in [0.2, 0.25) is 0 Å². The van der Waals surface area contributed by atoms with Crippen molar-refractivity contribution in [1.82, 2.24) is 0 Å². The molecule has 0 bridgehead atoms. The predicted molar refractivity (Wildman–Crippen MR) is 63.0 cm³/mol. The van der Waals surface area contributed by atoms with Gasteiger partial charge in [0, 0.05) is 18.2 Å². The van der Waals surface area contributed by atoms with Crippen LogP contribution in [0.25, 0.3) is 0 Å². The van der Waals surface area contributed by atoms with Gasteiger partial charge in [-0.1, -0.05) is 0 Å². The maximum Gasteiger partial charge on any atom is 0.389 e. The molecular formula is C12H14F3NO3. The first-order chi connectivity index (χ1) is 8.83. The van der Waals surface area contributed by atoms with Gasteiger partial charge in [-0.15, -0.1) is 0 Å². The van der Waals surface area contributed by atoms with Crippen LogP contribution >= 0.6 is 0 Å². The number of nitrogens with two attached hydrogens (primary N) is 1. The highest BCUT2D eigenvalue weighted by atomic mass is 19.4. The van der Waals surface area contributed by atoms with E-state index in [1.807, 2.05) is 0 Å². The number of carbonyl (C=O) groups excluding carboxylic acids is 1. The summed E-state index contributed by atoms with van der Waals surface area (Å²) in [4.78, 5) is 11.6. The number of halogens is 3. The molecule has 0 aliphatic carbocycles. The van der Waals surface area contributed by atoms with Gasteiger partial charge < -0.3 is 15.2 Å². The lowest BCUT2D eigenvalue weighted by atomic mass is 10.2. The van der Waals surface area contributed by atoms with E-state index in [1.54, 1.807) is 0 Å². The number of anilines is 1. The zero-order valence-corrected chi connectivity index (χ0v) is 10.3. The smallest absolute Gasteiger partial charge is 0.389 e. The lowest BCUT2D eigenvalue weighted by molar-refractivity contribution is -0.137. The van der Waals surface area contributed by atoms with Crippen LogP contribution in [0.15, 0.2) is 18.2 Å². The first-order valence-corrected chi connectivity index (χ1v) is 5.51. The van der Waals surface area contributed by atoms with Crippen LogP contribution in [0.1, 0.15) is 23.2 Å². The maximum atomic E-state index is 11.9. The molecule has 0 amide bonds. The molecule has 0 saturated heterocycles. The minimum Gasteiger partial charge on any atom is -0.496 e. The molecule has 0 unspecified atom stereocenters. The van der Waals surface area contributed by atoms with Gasteiger partial charge in [0.2, 0.25) is 0 Å². The molecule has 0 heterocycles. The van der Waals surface area contributed by atoms with Gasteiger partial charge >= 0.3 is 12.1 Å². The first-order valence-electron chi connectivity index (χ1n) is 5.51. The van der Waals surface area contributed by atoms with E-state index >= 15 is 0 Å². The number of rotatable bonds is 5. The van der Waals surface area contributed by atoms with Crippen molar-refractivity contribution in [2.45, 2.75) is 19.0 Å². The Labute approximate surface area is 108 Å². The molecule has 1 aromatic carbocycles. The van der Waals surface area contributed by atoms with E-state index in [4.69, 9.17) is 15.2 Å². The van der Waals surface area contributed by atoms with Crippen molar-refractivity contribution in [2.24, 2.45) is 0 Å². The van der Waals surface area contributed by atoms with E-state index in [1.165, 1.54) is 25.3 Å². The highest BCUT2D eigenvalue weighted by Gasteiger charge is 2.26. The van der Waals surface area contributed by atoms with Crippen LogP contribution in [-0.2, 0) is 4.74 Å². The molecule has 106 valence electrons. The Morgan fingerprint density at radius 1 is 1.37 bits per heavy atom. The van der Waals surface area contributed by atoms with Crippen molar-refractivity contribution >= 4 is 11.7 Å². The van der Waals surface area contributed by atoms with Crippen LogP contribution in [0.4, 0.5) is 18.9 Å². The van der Waals surface area contributed by atoms with Crippen LogP contribution in [-0.4, -0.2) is 25.9 Å². The Bertz CT molecular complexity index is 446. The van der Waals surface area contributed by atoms with Crippen LogP contribution < -0.4 is 10.5 Å². The number of ether oxygens (including phenoxy) is 2. The monoisotopic (exact) mass is 277 g/mol. The summed E-state index contributed by atoms with van der Waals surface area (Å²) >= 11 is 0. The Morgan fingerprint density at radius 3 is 2.63 bits per heavy atom. The van der Waals surface area contributed by atoms with Crippen molar-refractivity contribution in [3.8, 4) is 5.75 Å². The third kappa shape index (κ3) is 5.07. The molecule has 19 heavy (non-hydrogen) atoms. The van der Waals surface area contributed by atoms with E-state index in [0.717, 1.165) is 0 Å². The second-order valence-corrected chi connectivity index (χ2v) is 3.81. The minimum absolute atomic E-state index is 0.128. The highest BCUT2D eigenvalue weighted by Crippen LogP contribution is 2.23. The summed E-state index contributed by atoms with van der Waals surface area (Å²) in [5, 5.41) is 0. The summed E-state index contributed by atoms with van der Waals surface area (Å²) in [6.45, 7) is -0.300. The van der Waals surface area contributed by atoms with Crippen LogP contribution in [0.3, 0.4) is 0 Å². The van der Waals surface area contributed by atoms with Crippen LogP contribution in [0, 0.1) is 0 Å². The molecule has 0 aliphatic rings. The third-order valence-corrected chi connectivity index (χ3v) is 2.28. The lowest BCUT2D eigenvalue weighted by Gasteiger charge is -2.10. The summed E-state index contributed by atoms with van der Waals surface area (Å²) in [6, 6.07) is 4.32. The Balaban J connectivity index is 2.54. The van der Waals surface area contributed by atoms with Gasteiger partial charge in [-0.3, -0.25) is 0 Å². The maximum absolute atomic E-state index is 11.9. The van der Waals surface area contributed by atoms with E-state index < -0.39 is 18.6 Å². The van der Waals surface area contributed by atoms with Gasteiger partial charge in [-0.25, -0.2) is 4.79 Å². The summed E-state index contributed by atoms with van der Waals surface area (Å²) in [6.07, 6.45) is -5.50. The second-order valence-electron chi connectivity index (χ2n) is 3.81. The molecule has 0 radical (unpaired) electrons. The van der Waals surface area contributed by atoms with Crippen molar-refractivity contribution in [3.63, 3.8) is 0 Å². The molecule has 4 nitrogen and oxygen atoms in total. The van der Waals surface area contributed by atoms with Gasteiger partial charge in [0.25, 0.3) is 0 Å². The van der Waals surface area contributed by atoms with Gasteiger partial charge in [-0.05, 0) is 18.6 Å². The number of methoxy groups -OCH3 is 1. The zero-order chi connectivity index (χ0) is 14.5. The highest BCUT2D eigenvalue weighted by molar-refractivity contribution is 5.93. The average Bonchev–Trinajstić information content (AvgIpc) is 2.33. The van der Waals surface area contributed by atoms with Crippen molar-refractivity contribution in [3.05, 3.63) is 23.8 Å². The normalized spacial score (nSPS) is 11.2. The summed E-state index contributed by atoms with van der Waals surface area (Å²) in [5.41, 5.74) is 6.05. The lowest BCUT2D eigenvalue weighted by Crippen LogP contribution is -2.12. The molecule has 0 aliphatic heterocycles. The van der Waals surface area contributed by atoms with E-state index in [-0.39, 0.29) is 24.3 Å². The quantitative estimate of drug-likeness (QED) is 0.510. The molecule has 0 aromatic heterocycles. The number of hydrogen-bond donors (Lipinski definition) is 1. The summed E-state index contributed by atoms with van der Waals surface area (Å²) in [7, 11) is 1.36. The zero-order valence-electron chi connectivity index (χ0n) is 10.3. The molecule has 1 aromatic rings. The molecule has 7 heteroatoms. The number of nitrogen functional groups attached to an aromatic ring is 1. The number of esters is 1. The number of benzene rings is 1. The van der Waals surface area contributed by atoms with Gasteiger partial charge in [0.1, 0.15) is 11.3 Å². The molecule has 0 spiro atoms. The average molecular weight is 277 g/mol. The van der Waals surface area contributed by atoms with E-state index in [2.05, 4.69) is 0 Å². The number of hydrogen-bond acceptors (Lipinski definition) is 4. The van der Waals surface area contributed by atoms with Gasteiger partial charge in [0.05, 0.1) is 13.7 Å². The first kappa shape index (κ1) is 15.1. The largest absolute Gasteiger partial charge is 0.496 e. The van der Waals surface area contributed by atoms with Crippen LogP contribution in [0.5, 0.6) is 5.75 Å². The standard InChI is InChI=1S/C12H14F3NO3/c1-18-10-7-8(16)3-4-9(10)11(17)19-6-2-5-12(13,14)15/h3-4,7H,2,5-6,16H2,1H3. The van der Waals surface area contributed by atoms with E-state index in [9.17, 15) is 18.0 Å². The van der Waals surface area contributed by atoms with Crippen molar-refractivity contribution < 1.29 is 27.4 Å². The molecule has 0 atom stereocenters. The third-order valence-electron chi connectivity index (χ3n) is 2.28.